The quantitative estimate of drug-likeness (QED) is 0.594. The SMILES string of the molecule is Cc1cc(O)ccc1N(O)c1ccccc1S(=O)(=O)O. The van der Waals surface area contributed by atoms with Crippen molar-refractivity contribution in [1.82, 2.24) is 0 Å². The van der Waals surface area contributed by atoms with Gasteiger partial charge in [0.2, 0.25) is 0 Å². The summed E-state index contributed by atoms with van der Waals surface area (Å²) in [6.07, 6.45) is 0. The maximum absolute atomic E-state index is 11.3. The summed E-state index contributed by atoms with van der Waals surface area (Å²) in [6, 6.07) is 9.73. The molecule has 0 radical (unpaired) electrons. The van der Waals surface area contributed by atoms with Gasteiger partial charge < -0.3 is 5.11 Å². The summed E-state index contributed by atoms with van der Waals surface area (Å²) in [5, 5.41) is 20.2. The van der Waals surface area contributed by atoms with Crippen LogP contribution in [0.5, 0.6) is 5.75 Å². The molecular weight excluding hydrogens is 282 g/mol. The lowest BCUT2D eigenvalue weighted by molar-refractivity contribution is 0.297. The minimum atomic E-state index is -4.46. The van der Waals surface area contributed by atoms with Gasteiger partial charge in [0.15, 0.2) is 0 Å². The van der Waals surface area contributed by atoms with Gasteiger partial charge in [0.25, 0.3) is 10.1 Å². The number of hydrogen-bond acceptors (Lipinski definition) is 5. The molecule has 106 valence electrons. The van der Waals surface area contributed by atoms with Gasteiger partial charge in [0, 0.05) is 0 Å². The zero-order chi connectivity index (χ0) is 14.9. The Hall–Kier alpha value is -2.09. The first-order chi connectivity index (χ1) is 9.30. The van der Waals surface area contributed by atoms with Gasteiger partial charge in [-0.15, -0.1) is 0 Å². The van der Waals surface area contributed by atoms with E-state index in [0.717, 1.165) is 0 Å². The molecule has 0 aromatic heterocycles. The van der Waals surface area contributed by atoms with E-state index in [0.29, 0.717) is 16.3 Å². The highest BCUT2D eigenvalue weighted by Crippen LogP contribution is 2.32. The molecule has 0 saturated carbocycles. The van der Waals surface area contributed by atoms with E-state index in [1.54, 1.807) is 6.92 Å². The number of benzene rings is 2. The van der Waals surface area contributed by atoms with Gasteiger partial charge in [0.1, 0.15) is 10.6 Å². The molecule has 7 heteroatoms. The van der Waals surface area contributed by atoms with E-state index < -0.39 is 15.0 Å². The molecule has 0 fully saturated rings. The summed E-state index contributed by atoms with van der Waals surface area (Å²) in [6.45, 7) is 1.65. The maximum atomic E-state index is 11.3. The molecule has 2 aromatic carbocycles. The molecule has 20 heavy (non-hydrogen) atoms. The predicted molar refractivity (Wildman–Crippen MR) is 73.0 cm³/mol. The van der Waals surface area contributed by atoms with Crippen molar-refractivity contribution in [3.63, 3.8) is 0 Å². The van der Waals surface area contributed by atoms with E-state index in [9.17, 15) is 23.3 Å². The van der Waals surface area contributed by atoms with Crippen molar-refractivity contribution in [2.45, 2.75) is 11.8 Å². The molecule has 0 saturated heterocycles. The summed E-state index contributed by atoms with van der Waals surface area (Å²) >= 11 is 0. The molecule has 0 aliphatic carbocycles. The Morgan fingerprint density at radius 2 is 1.70 bits per heavy atom. The van der Waals surface area contributed by atoms with Gasteiger partial charge in [-0.3, -0.25) is 9.76 Å². The molecule has 0 bridgehead atoms. The zero-order valence-corrected chi connectivity index (χ0v) is 11.4. The number of hydrogen-bond donors (Lipinski definition) is 3. The van der Waals surface area contributed by atoms with E-state index >= 15 is 0 Å². The summed E-state index contributed by atoms with van der Waals surface area (Å²) in [5.74, 6) is 0.0303. The standard InChI is InChI=1S/C13H13NO5S/c1-9-8-10(15)6-7-11(9)14(16)12-4-2-3-5-13(12)20(17,18)19/h2-8,15-16H,1H3,(H,17,18,19). The topological polar surface area (TPSA) is 98.1 Å². The first-order valence-corrected chi connectivity index (χ1v) is 7.10. The average Bonchev–Trinajstić information content (AvgIpc) is 2.37. The summed E-state index contributed by atoms with van der Waals surface area (Å²) in [5.41, 5.74) is 0.750. The molecule has 2 aromatic rings. The normalized spacial score (nSPS) is 11.3. The van der Waals surface area contributed by atoms with Crippen LogP contribution in [0.4, 0.5) is 11.4 Å². The fraction of sp³-hybridized carbons (Fsp3) is 0.0769. The minimum absolute atomic E-state index is 0.0303. The van der Waals surface area contributed by atoms with E-state index in [2.05, 4.69) is 0 Å². The Morgan fingerprint density at radius 3 is 2.30 bits per heavy atom. The number of nitrogens with zero attached hydrogens (tertiary/aromatic N) is 1. The van der Waals surface area contributed by atoms with Crippen LogP contribution in [0.1, 0.15) is 5.56 Å². The summed E-state index contributed by atoms with van der Waals surface area (Å²) < 4.78 is 31.8. The number of phenolic OH excluding ortho intramolecular Hbond substituents is 1. The van der Waals surface area contributed by atoms with Crippen LogP contribution < -0.4 is 5.06 Å². The van der Waals surface area contributed by atoms with Crippen molar-refractivity contribution in [3.05, 3.63) is 48.0 Å². The lowest BCUT2D eigenvalue weighted by atomic mass is 10.1. The lowest BCUT2D eigenvalue weighted by Gasteiger charge is -2.21. The number of rotatable bonds is 3. The molecule has 0 unspecified atom stereocenters. The first-order valence-electron chi connectivity index (χ1n) is 5.66. The highest BCUT2D eigenvalue weighted by atomic mass is 32.2. The second-order valence-corrected chi connectivity index (χ2v) is 5.62. The molecule has 0 heterocycles. The van der Waals surface area contributed by atoms with Crippen LogP contribution in [0.3, 0.4) is 0 Å². The molecule has 6 nitrogen and oxygen atoms in total. The van der Waals surface area contributed by atoms with Gasteiger partial charge in [0.05, 0.1) is 11.4 Å². The largest absolute Gasteiger partial charge is 0.508 e. The molecular formula is C13H13NO5S. The fourth-order valence-corrected chi connectivity index (χ4v) is 2.53. The third kappa shape index (κ3) is 2.74. The first kappa shape index (κ1) is 14.3. The number of phenols is 1. The van der Waals surface area contributed by atoms with Crippen molar-refractivity contribution in [2.24, 2.45) is 0 Å². The average molecular weight is 295 g/mol. The van der Waals surface area contributed by atoms with Crippen LogP contribution in [0, 0.1) is 6.92 Å². The molecule has 0 spiro atoms. The second-order valence-electron chi connectivity index (χ2n) is 4.23. The highest BCUT2D eigenvalue weighted by molar-refractivity contribution is 7.86. The van der Waals surface area contributed by atoms with Crippen molar-refractivity contribution in [1.29, 1.82) is 0 Å². The zero-order valence-electron chi connectivity index (χ0n) is 10.6. The Labute approximate surface area is 116 Å². The van der Waals surface area contributed by atoms with Crippen LogP contribution in [0.25, 0.3) is 0 Å². The Bertz CT molecular complexity index is 742. The van der Waals surface area contributed by atoms with Gasteiger partial charge >= 0.3 is 0 Å². The molecule has 0 amide bonds. The number of anilines is 2. The maximum Gasteiger partial charge on any atom is 0.296 e. The molecule has 2 rings (SSSR count). The highest BCUT2D eigenvalue weighted by Gasteiger charge is 2.20. The third-order valence-corrected chi connectivity index (χ3v) is 3.68. The summed E-state index contributed by atoms with van der Waals surface area (Å²) in [7, 11) is -4.46. The molecule has 0 aliphatic heterocycles. The summed E-state index contributed by atoms with van der Waals surface area (Å²) in [4.78, 5) is -0.407. The van der Waals surface area contributed by atoms with Crippen LogP contribution in [0.15, 0.2) is 47.4 Å². The fourth-order valence-electron chi connectivity index (χ4n) is 1.86. The predicted octanol–water partition coefficient (Wildman–Crippen LogP) is 2.47. The molecule has 3 N–H and O–H groups in total. The Balaban J connectivity index is 2.57. The van der Waals surface area contributed by atoms with E-state index in [-0.39, 0.29) is 11.4 Å². The van der Waals surface area contributed by atoms with Crippen LogP contribution in [0.2, 0.25) is 0 Å². The van der Waals surface area contributed by atoms with Gasteiger partial charge in [-0.25, -0.2) is 5.06 Å². The van der Waals surface area contributed by atoms with Crippen LogP contribution in [-0.4, -0.2) is 23.3 Å². The van der Waals surface area contributed by atoms with Crippen LogP contribution >= 0.6 is 0 Å². The van der Waals surface area contributed by atoms with Crippen molar-refractivity contribution in [3.8, 4) is 5.75 Å². The van der Waals surface area contributed by atoms with E-state index in [4.69, 9.17) is 0 Å². The van der Waals surface area contributed by atoms with Crippen LogP contribution in [-0.2, 0) is 10.1 Å². The number of para-hydroxylation sites is 1. The van der Waals surface area contributed by atoms with E-state index in [1.807, 2.05) is 0 Å². The molecule has 0 atom stereocenters. The minimum Gasteiger partial charge on any atom is -0.508 e. The number of aromatic hydroxyl groups is 1. The van der Waals surface area contributed by atoms with Gasteiger partial charge in [-0.1, -0.05) is 12.1 Å². The van der Waals surface area contributed by atoms with Gasteiger partial charge in [-0.05, 0) is 42.8 Å². The second kappa shape index (κ2) is 5.12. The molecule has 0 aliphatic rings. The Kier molecular flexibility index (Phi) is 3.67. The smallest absolute Gasteiger partial charge is 0.296 e. The van der Waals surface area contributed by atoms with E-state index in [1.165, 1.54) is 42.5 Å². The van der Waals surface area contributed by atoms with Gasteiger partial charge in [-0.2, -0.15) is 8.42 Å². The van der Waals surface area contributed by atoms with Crippen molar-refractivity contribution in [2.75, 3.05) is 5.06 Å². The number of aryl methyl sites for hydroxylation is 1. The lowest BCUT2D eigenvalue weighted by Crippen LogP contribution is -2.15. The Morgan fingerprint density at radius 1 is 1.05 bits per heavy atom. The monoisotopic (exact) mass is 295 g/mol. The van der Waals surface area contributed by atoms with Crippen molar-refractivity contribution < 1.29 is 23.3 Å². The third-order valence-electron chi connectivity index (χ3n) is 2.78. The van der Waals surface area contributed by atoms with Crippen molar-refractivity contribution >= 4 is 21.5 Å².